The van der Waals surface area contributed by atoms with Crippen molar-refractivity contribution in [2.75, 3.05) is 12.3 Å². The number of hydrogen-bond donors (Lipinski definition) is 1. The molecule has 0 saturated carbocycles. The molecule has 76 valence electrons. The van der Waals surface area contributed by atoms with Gasteiger partial charge < -0.3 is 10.5 Å². The van der Waals surface area contributed by atoms with Crippen molar-refractivity contribution >= 4 is 23.3 Å². The number of esters is 1. The molecule has 2 N–H and O–H groups in total. The molecule has 0 atom stereocenters. The highest BCUT2D eigenvalue weighted by Crippen LogP contribution is 2.22. The summed E-state index contributed by atoms with van der Waals surface area (Å²) in [7, 11) is 0. The standard InChI is InChI=1S/C8H8ClFN2O2/c1-2-14-8(13)7-5(10)6(11)4(9)3-12-7/h3H,2H2,1H3,(H2,11,12). The number of pyridine rings is 1. The fourth-order valence-electron chi connectivity index (χ4n) is 0.822. The van der Waals surface area contributed by atoms with E-state index >= 15 is 0 Å². The number of nitrogens with two attached hydrogens (primary N) is 1. The number of rotatable bonds is 2. The lowest BCUT2D eigenvalue weighted by atomic mass is 10.3. The van der Waals surface area contributed by atoms with Gasteiger partial charge in [-0.15, -0.1) is 0 Å². The Labute approximate surface area is 84.8 Å². The molecule has 4 nitrogen and oxygen atoms in total. The third kappa shape index (κ3) is 1.93. The van der Waals surface area contributed by atoms with Crippen LogP contribution in [0.4, 0.5) is 10.1 Å². The van der Waals surface area contributed by atoms with Crippen LogP contribution in [0.1, 0.15) is 17.4 Å². The molecular weight excluding hydrogens is 211 g/mol. The highest BCUT2D eigenvalue weighted by molar-refractivity contribution is 6.33. The van der Waals surface area contributed by atoms with E-state index in [1.54, 1.807) is 6.92 Å². The second-order valence-electron chi connectivity index (χ2n) is 2.40. The van der Waals surface area contributed by atoms with Gasteiger partial charge in [0.1, 0.15) is 0 Å². The molecule has 0 spiro atoms. The minimum atomic E-state index is -0.948. The number of halogens is 2. The van der Waals surface area contributed by atoms with Gasteiger partial charge in [-0.05, 0) is 6.92 Å². The summed E-state index contributed by atoms with van der Waals surface area (Å²) in [6.07, 6.45) is 1.10. The monoisotopic (exact) mass is 218 g/mol. The number of nitrogens with zero attached hydrogens (tertiary/aromatic N) is 1. The summed E-state index contributed by atoms with van der Waals surface area (Å²) in [6.45, 7) is 1.75. The Kier molecular flexibility index (Phi) is 3.24. The molecule has 0 unspecified atom stereocenters. The van der Waals surface area contributed by atoms with E-state index in [0.717, 1.165) is 6.20 Å². The minimum absolute atomic E-state index is 0.0319. The summed E-state index contributed by atoms with van der Waals surface area (Å²) >= 11 is 5.49. The molecule has 0 aliphatic rings. The van der Waals surface area contributed by atoms with Crippen molar-refractivity contribution in [3.05, 3.63) is 22.7 Å². The molecule has 0 saturated heterocycles. The predicted octanol–water partition coefficient (Wildman–Crippen LogP) is 1.63. The van der Waals surface area contributed by atoms with E-state index in [1.165, 1.54) is 0 Å². The van der Waals surface area contributed by atoms with Gasteiger partial charge in [0, 0.05) is 6.20 Å². The van der Waals surface area contributed by atoms with Gasteiger partial charge in [-0.2, -0.15) is 0 Å². The summed E-state index contributed by atoms with van der Waals surface area (Å²) < 4.78 is 17.8. The van der Waals surface area contributed by atoms with Crippen molar-refractivity contribution in [3.63, 3.8) is 0 Å². The van der Waals surface area contributed by atoms with E-state index in [0.29, 0.717) is 0 Å². The minimum Gasteiger partial charge on any atom is -0.461 e. The molecule has 1 heterocycles. The van der Waals surface area contributed by atoms with Crippen LogP contribution in [0.3, 0.4) is 0 Å². The fourth-order valence-corrected chi connectivity index (χ4v) is 0.953. The van der Waals surface area contributed by atoms with Gasteiger partial charge in [-0.25, -0.2) is 14.2 Å². The van der Waals surface area contributed by atoms with Crippen molar-refractivity contribution in [2.45, 2.75) is 6.92 Å². The lowest BCUT2D eigenvalue weighted by Crippen LogP contribution is -2.11. The molecule has 1 aromatic rings. The smallest absolute Gasteiger partial charge is 0.360 e. The van der Waals surface area contributed by atoms with Crippen molar-refractivity contribution in [1.82, 2.24) is 4.98 Å². The lowest BCUT2D eigenvalue weighted by Gasteiger charge is -2.04. The zero-order valence-corrected chi connectivity index (χ0v) is 8.14. The van der Waals surface area contributed by atoms with Gasteiger partial charge in [0.2, 0.25) is 0 Å². The van der Waals surface area contributed by atoms with E-state index in [4.69, 9.17) is 17.3 Å². The van der Waals surface area contributed by atoms with E-state index in [1.807, 2.05) is 0 Å². The molecule has 0 aromatic carbocycles. The molecular formula is C8H8ClFN2O2. The molecule has 0 aliphatic heterocycles. The van der Waals surface area contributed by atoms with Gasteiger partial charge >= 0.3 is 5.97 Å². The molecule has 0 radical (unpaired) electrons. The quantitative estimate of drug-likeness (QED) is 0.767. The lowest BCUT2D eigenvalue weighted by molar-refractivity contribution is 0.0514. The number of anilines is 1. The highest BCUT2D eigenvalue weighted by Gasteiger charge is 2.18. The average Bonchev–Trinajstić information content (AvgIpc) is 2.15. The van der Waals surface area contributed by atoms with Gasteiger partial charge in [0.05, 0.1) is 17.3 Å². The van der Waals surface area contributed by atoms with Gasteiger partial charge in [0.15, 0.2) is 11.5 Å². The van der Waals surface area contributed by atoms with Crippen LogP contribution in [0, 0.1) is 5.82 Å². The zero-order chi connectivity index (χ0) is 10.7. The van der Waals surface area contributed by atoms with Crippen LogP contribution >= 0.6 is 11.6 Å². The van der Waals surface area contributed by atoms with Gasteiger partial charge in [-0.3, -0.25) is 0 Å². The molecule has 0 fully saturated rings. The maximum Gasteiger partial charge on any atom is 0.360 e. The number of hydrogen-bond acceptors (Lipinski definition) is 4. The number of carbonyl (C=O) groups excluding carboxylic acids is 1. The second-order valence-corrected chi connectivity index (χ2v) is 2.81. The first-order valence-corrected chi connectivity index (χ1v) is 4.22. The summed E-state index contributed by atoms with van der Waals surface area (Å²) in [5.41, 5.74) is 4.51. The van der Waals surface area contributed by atoms with Crippen LogP contribution in [0.5, 0.6) is 0 Å². The number of carbonyl (C=O) groups is 1. The summed E-state index contributed by atoms with van der Waals surface area (Å²) in [5, 5.41) is -0.0319. The van der Waals surface area contributed by atoms with Crippen LogP contribution < -0.4 is 5.73 Å². The predicted molar refractivity (Wildman–Crippen MR) is 49.6 cm³/mol. The Balaban J connectivity index is 3.11. The Hall–Kier alpha value is -1.36. The number of aromatic nitrogens is 1. The summed E-state index contributed by atoms with van der Waals surface area (Å²) in [5.74, 6) is -1.80. The first-order chi connectivity index (χ1) is 6.57. The first-order valence-electron chi connectivity index (χ1n) is 3.84. The largest absolute Gasteiger partial charge is 0.461 e. The zero-order valence-electron chi connectivity index (χ0n) is 7.38. The Morgan fingerprint density at radius 2 is 2.43 bits per heavy atom. The van der Waals surface area contributed by atoms with Crippen LogP contribution in [-0.4, -0.2) is 17.6 Å². The normalized spacial score (nSPS) is 9.93. The molecule has 1 rings (SSSR count). The van der Waals surface area contributed by atoms with E-state index < -0.39 is 17.5 Å². The van der Waals surface area contributed by atoms with Crippen molar-refractivity contribution in [1.29, 1.82) is 0 Å². The molecule has 6 heteroatoms. The van der Waals surface area contributed by atoms with E-state index in [-0.39, 0.29) is 17.3 Å². The highest BCUT2D eigenvalue weighted by atomic mass is 35.5. The van der Waals surface area contributed by atoms with Gasteiger partial charge in [-0.1, -0.05) is 11.6 Å². The Morgan fingerprint density at radius 3 is 3.00 bits per heavy atom. The summed E-state index contributed by atoms with van der Waals surface area (Å²) in [6, 6.07) is 0. The van der Waals surface area contributed by atoms with Crippen molar-refractivity contribution < 1.29 is 13.9 Å². The molecule has 0 aliphatic carbocycles. The van der Waals surface area contributed by atoms with E-state index in [9.17, 15) is 9.18 Å². The fraction of sp³-hybridized carbons (Fsp3) is 0.250. The molecule has 1 aromatic heterocycles. The van der Waals surface area contributed by atoms with Crippen LogP contribution in [0.2, 0.25) is 5.02 Å². The molecule has 14 heavy (non-hydrogen) atoms. The topological polar surface area (TPSA) is 65.2 Å². The average molecular weight is 219 g/mol. The van der Waals surface area contributed by atoms with E-state index in [2.05, 4.69) is 9.72 Å². The van der Waals surface area contributed by atoms with Crippen LogP contribution in [-0.2, 0) is 4.74 Å². The maximum atomic E-state index is 13.3. The second kappa shape index (κ2) is 4.23. The maximum absolute atomic E-state index is 13.3. The Morgan fingerprint density at radius 1 is 1.79 bits per heavy atom. The molecule has 0 amide bonds. The molecule has 0 bridgehead atoms. The third-order valence-electron chi connectivity index (χ3n) is 1.48. The van der Waals surface area contributed by atoms with Crippen molar-refractivity contribution in [3.8, 4) is 0 Å². The third-order valence-corrected chi connectivity index (χ3v) is 1.78. The van der Waals surface area contributed by atoms with Crippen LogP contribution in [0.15, 0.2) is 6.20 Å². The van der Waals surface area contributed by atoms with Crippen molar-refractivity contribution in [2.24, 2.45) is 0 Å². The van der Waals surface area contributed by atoms with Crippen LogP contribution in [0.25, 0.3) is 0 Å². The number of ether oxygens (including phenoxy) is 1. The Bertz CT molecular complexity index is 371. The SMILES string of the molecule is CCOC(=O)c1ncc(Cl)c(N)c1F. The first kappa shape index (κ1) is 10.7. The summed E-state index contributed by atoms with van der Waals surface area (Å²) in [4.78, 5) is 14.6. The van der Waals surface area contributed by atoms with Gasteiger partial charge in [0.25, 0.3) is 0 Å². The number of nitrogen functional groups attached to an aromatic ring is 1.